The highest BCUT2D eigenvalue weighted by atomic mass is 19.1. The van der Waals surface area contributed by atoms with Gasteiger partial charge < -0.3 is 15.6 Å². The molecule has 0 aliphatic heterocycles. The highest BCUT2D eigenvalue weighted by molar-refractivity contribution is 5.78. The maximum atomic E-state index is 13.1. The lowest BCUT2D eigenvalue weighted by Crippen LogP contribution is -2.32. The summed E-state index contributed by atoms with van der Waals surface area (Å²) in [5, 5.41) is 6.33. The van der Waals surface area contributed by atoms with E-state index >= 15 is 0 Å². The zero-order valence-electron chi connectivity index (χ0n) is 10.3. The summed E-state index contributed by atoms with van der Waals surface area (Å²) in [6, 6.07) is 5.40. The van der Waals surface area contributed by atoms with Gasteiger partial charge in [-0.15, -0.1) is 0 Å². The predicted molar refractivity (Wildman–Crippen MR) is 65.3 cm³/mol. The summed E-state index contributed by atoms with van der Waals surface area (Å²) >= 11 is 0. The molecule has 0 saturated carbocycles. The van der Waals surface area contributed by atoms with Gasteiger partial charge in [-0.2, -0.15) is 4.98 Å². The first kappa shape index (κ1) is 13.2. The SMILES string of the molecule is CC(NC(=O)CN)c1nc(-c2cccc(F)c2)no1. The van der Waals surface area contributed by atoms with E-state index in [2.05, 4.69) is 15.5 Å². The molecule has 1 amide bonds. The number of aromatic nitrogens is 2. The van der Waals surface area contributed by atoms with Crippen LogP contribution in [0.2, 0.25) is 0 Å². The number of hydrogen-bond acceptors (Lipinski definition) is 5. The average Bonchev–Trinajstić information content (AvgIpc) is 2.88. The minimum Gasteiger partial charge on any atom is -0.343 e. The van der Waals surface area contributed by atoms with Gasteiger partial charge in [-0.05, 0) is 19.1 Å². The van der Waals surface area contributed by atoms with Gasteiger partial charge in [0.25, 0.3) is 0 Å². The molecule has 0 spiro atoms. The summed E-state index contributed by atoms with van der Waals surface area (Å²) in [4.78, 5) is 15.3. The molecule has 1 heterocycles. The lowest BCUT2D eigenvalue weighted by molar-refractivity contribution is -0.120. The fraction of sp³-hybridized carbons (Fsp3) is 0.250. The molecule has 0 aliphatic rings. The van der Waals surface area contributed by atoms with Crippen molar-refractivity contribution in [2.45, 2.75) is 13.0 Å². The van der Waals surface area contributed by atoms with Crippen LogP contribution >= 0.6 is 0 Å². The van der Waals surface area contributed by atoms with E-state index in [-0.39, 0.29) is 30.0 Å². The Hall–Kier alpha value is -2.28. The van der Waals surface area contributed by atoms with E-state index in [1.54, 1.807) is 19.1 Å². The lowest BCUT2D eigenvalue weighted by Gasteiger charge is -2.07. The Kier molecular flexibility index (Phi) is 3.86. The lowest BCUT2D eigenvalue weighted by atomic mass is 10.2. The normalized spacial score (nSPS) is 12.2. The number of nitrogens with two attached hydrogens (primary N) is 1. The second-order valence-corrected chi connectivity index (χ2v) is 3.96. The van der Waals surface area contributed by atoms with Crippen LogP contribution < -0.4 is 11.1 Å². The molecule has 0 fully saturated rings. The van der Waals surface area contributed by atoms with Crippen molar-refractivity contribution in [1.29, 1.82) is 0 Å². The van der Waals surface area contributed by atoms with Crippen LogP contribution in [0.5, 0.6) is 0 Å². The third kappa shape index (κ3) is 3.14. The van der Waals surface area contributed by atoms with Crippen molar-refractivity contribution in [3.63, 3.8) is 0 Å². The molecule has 3 N–H and O–H groups in total. The third-order valence-electron chi connectivity index (χ3n) is 2.46. The van der Waals surface area contributed by atoms with Crippen LogP contribution in [0.25, 0.3) is 11.4 Å². The van der Waals surface area contributed by atoms with Crippen LogP contribution in [0.4, 0.5) is 4.39 Å². The first-order valence-corrected chi connectivity index (χ1v) is 5.69. The van der Waals surface area contributed by atoms with E-state index in [0.717, 1.165) is 0 Å². The predicted octanol–water partition coefficient (Wildman–Crippen LogP) is 1.01. The first-order valence-electron chi connectivity index (χ1n) is 5.69. The Bertz CT molecular complexity index is 585. The number of hydrogen-bond donors (Lipinski definition) is 2. The number of carbonyl (C=O) groups is 1. The molecular formula is C12H13FN4O2. The molecule has 7 heteroatoms. The summed E-state index contributed by atoms with van der Waals surface area (Å²) in [7, 11) is 0. The number of rotatable bonds is 4. The van der Waals surface area contributed by atoms with Gasteiger partial charge in [-0.3, -0.25) is 4.79 Å². The van der Waals surface area contributed by atoms with E-state index in [9.17, 15) is 9.18 Å². The summed E-state index contributed by atoms with van der Waals surface area (Å²) in [6.07, 6.45) is 0. The van der Waals surface area contributed by atoms with E-state index in [1.165, 1.54) is 12.1 Å². The van der Waals surface area contributed by atoms with Crippen LogP contribution in [-0.2, 0) is 4.79 Å². The van der Waals surface area contributed by atoms with Gasteiger partial charge in [-0.25, -0.2) is 4.39 Å². The van der Waals surface area contributed by atoms with Crippen molar-refractivity contribution < 1.29 is 13.7 Å². The molecule has 6 nitrogen and oxygen atoms in total. The Morgan fingerprint density at radius 3 is 3.05 bits per heavy atom. The van der Waals surface area contributed by atoms with Crippen molar-refractivity contribution in [2.24, 2.45) is 5.73 Å². The number of halogens is 1. The third-order valence-corrected chi connectivity index (χ3v) is 2.46. The van der Waals surface area contributed by atoms with Crippen LogP contribution in [0.3, 0.4) is 0 Å². The Balaban J connectivity index is 2.17. The number of carbonyl (C=O) groups excluding carboxylic acids is 1. The van der Waals surface area contributed by atoms with Crippen molar-refractivity contribution in [3.8, 4) is 11.4 Å². The van der Waals surface area contributed by atoms with Gasteiger partial charge in [0.2, 0.25) is 17.6 Å². The van der Waals surface area contributed by atoms with Crippen LogP contribution in [-0.4, -0.2) is 22.6 Å². The highest BCUT2D eigenvalue weighted by Gasteiger charge is 2.16. The van der Waals surface area contributed by atoms with Crippen molar-refractivity contribution in [3.05, 3.63) is 36.0 Å². The minimum absolute atomic E-state index is 0.116. The Morgan fingerprint density at radius 2 is 2.37 bits per heavy atom. The van der Waals surface area contributed by atoms with E-state index in [4.69, 9.17) is 10.3 Å². The van der Waals surface area contributed by atoms with E-state index in [1.807, 2.05) is 0 Å². The molecule has 1 atom stereocenters. The molecule has 100 valence electrons. The quantitative estimate of drug-likeness (QED) is 0.859. The zero-order chi connectivity index (χ0) is 13.8. The molecule has 2 rings (SSSR count). The van der Waals surface area contributed by atoms with E-state index in [0.29, 0.717) is 5.56 Å². The van der Waals surface area contributed by atoms with Crippen molar-refractivity contribution in [2.75, 3.05) is 6.54 Å². The van der Waals surface area contributed by atoms with Gasteiger partial charge in [0.05, 0.1) is 6.54 Å². The molecule has 1 unspecified atom stereocenters. The largest absolute Gasteiger partial charge is 0.343 e. The van der Waals surface area contributed by atoms with Crippen molar-refractivity contribution in [1.82, 2.24) is 15.5 Å². The monoisotopic (exact) mass is 264 g/mol. The molecule has 0 saturated heterocycles. The number of nitrogens with zero attached hydrogens (tertiary/aromatic N) is 2. The first-order chi connectivity index (χ1) is 9.10. The summed E-state index contributed by atoms with van der Waals surface area (Å²) in [5.41, 5.74) is 5.70. The Morgan fingerprint density at radius 1 is 1.58 bits per heavy atom. The molecule has 1 aromatic heterocycles. The second-order valence-electron chi connectivity index (χ2n) is 3.96. The fourth-order valence-corrected chi connectivity index (χ4v) is 1.52. The standard InChI is InChI=1S/C12H13FN4O2/c1-7(15-10(18)6-14)12-16-11(17-19-12)8-3-2-4-9(13)5-8/h2-5,7H,6,14H2,1H3,(H,15,18). The molecule has 0 aliphatic carbocycles. The molecular weight excluding hydrogens is 251 g/mol. The molecule has 0 radical (unpaired) electrons. The van der Waals surface area contributed by atoms with Gasteiger partial charge in [0.15, 0.2) is 0 Å². The van der Waals surface area contributed by atoms with E-state index < -0.39 is 6.04 Å². The molecule has 2 aromatic rings. The maximum Gasteiger partial charge on any atom is 0.249 e. The number of benzene rings is 1. The summed E-state index contributed by atoms with van der Waals surface area (Å²) in [5.74, 6) is -0.198. The summed E-state index contributed by atoms with van der Waals surface area (Å²) in [6.45, 7) is 1.58. The molecule has 0 bridgehead atoms. The number of nitrogens with one attached hydrogen (secondary N) is 1. The van der Waals surface area contributed by atoms with Crippen LogP contribution in [0.1, 0.15) is 18.9 Å². The topological polar surface area (TPSA) is 94.0 Å². The van der Waals surface area contributed by atoms with Crippen LogP contribution in [0.15, 0.2) is 28.8 Å². The van der Waals surface area contributed by atoms with Gasteiger partial charge >= 0.3 is 0 Å². The number of amides is 1. The zero-order valence-corrected chi connectivity index (χ0v) is 10.3. The van der Waals surface area contributed by atoms with Crippen molar-refractivity contribution >= 4 is 5.91 Å². The second kappa shape index (κ2) is 5.57. The van der Waals surface area contributed by atoms with Crippen LogP contribution in [0, 0.1) is 5.82 Å². The minimum atomic E-state index is -0.453. The maximum absolute atomic E-state index is 13.1. The van der Waals surface area contributed by atoms with Gasteiger partial charge in [0, 0.05) is 5.56 Å². The Labute approximate surface area is 108 Å². The average molecular weight is 264 g/mol. The fourth-order valence-electron chi connectivity index (χ4n) is 1.52. The smallest absolute Gasteiger partial charge is 0.249 e. The van der Waals surface area contributed by atoms with Gasteiger partial charge in [0.1, 0.15) is 11.9 Å². The molecule has 1 aromatic carbocycles. The molecule has 19 heavy (non-hydrogen) atoms. The highest BCUT2D eigenvalue weighted by Crippen LogP contribution is 2.19. The van der Waals surface area contributed by atoms with Gasteiger partial charge in [-0.1, -0.05) is 17.3 Å². The summed E-state index contributed by atoms with van der Waals surface area (Å²) < 4.78 is 18.1.